The number of fused-ring (bicyclic) bond motifs is 1. The van der Waals surface area contributed by atoms with Crippen LogP contribution in [0.1, 0.15) is 15.9 Å². The average molecular weight is 364 g/mol. The Bertz CT molecular complexity index is 971. The summed E-state index contributed by atoms with van der Waals surface area (Å²) in [6.45, 7) is 0. The van der Waals surface area contributed by atoms with E-state index in [-0.39, 0.29) is 12.3 Å². The van der Waals surface area contributed by atoms with E-state index in [1.54, 1.807) is 30.5 Å². The number of methoxy groups -OCH3 is 2. The molecule has 0 aliphatic rings. The highest BCUT2D eigenvalue weighted by Gasteiger charge is 2.24. The van der Waals surface area contributed by atoms with Gasteiger partial charge in [0.25, 0.3) is 5.91 Å². The molecule has 1 aromatic heterocycles. The van der Waals surface area contributed by atoms with Crippen LogP contribution in [0.2, 0.25) is 0 Å². The van der Waals surface area contributed by atoms with Crippen molar-refractivity contribution in [2.45, 2.75) is 12.5 Å². The van der Waals surface area contributed by atoms with Gasteiger partial charge in [0.15, 0.2) is 0 Å². The zero-order chi connectivity index (χ0) is 19.2. The number of amides is 1. The predicted molar refractivity (Wildman–Crippen MR) is 102 cm³/mol. The summed E-state index contributed by atoms with van der Waals surface area (Å²) in [6.07, 6.45) is 1.81. The summed E-state index contributed by atoms with van der Waals surface area (Å²) < 4.78 is 10.1. The van der Waals surface area contributed by atoms with Gasteiger partial charge in [-0.2, -0.15) is 0 Å². The first-order valence-electron chi connectivity index (χ1n) is 8.47. The summed E-state index contributed by atoms with van der Waals surface area (Å²) in [6, 6.07) is 15.9. The van der Waals surface area contributed by atoms with Gasteiger partial charge in [-0.05, 0) is 29.0 Å². The standard InChI is InChI=1S/C21H20N2O4/c1-26-20-17(8-5-11-22-20)13-18(21(25)27-2)23-19(24)16-10-9-14-6-3-4-7-15(14)12-16/h3-12,18H,13H2,1-2H3,(H,23,24)/t18-/m1/s1. The number of nitrogens with one attached hydrogen (secondary N) is 1. The van der Waals surface area contributed by atoms with Gasteiger partial charge < -0.3 is 14.8 Å². The Morgan fingerprint density at radius 3 is 2.56 bits per heavy atom. The van der Waals surface area contributed by atoms with Gasteiger partial charge in [-0.25, -0.2) is 9.78 Å². The lowest BCUT2D eigenvalue weighted by Gasteiger charge is -2.17. The summed E-state index contributed by atoms with van der Waals surface area (Å²) in [4.78, 5) is 29.0. The van der Waals surface area contributed by atoms with E-state index in [1.807, 2.05) is 30.3 Å². The number of esters is 1. The Labute approximate surface area is 157 Å². The summed E-state index contributed by atoms with van der Waals surface area (Å²) in [5.41, 5.74) is 1.18. The molecule has 6 nitrogen and oxygen atoms in total. The highest BCUT2D eigenvalue weighted by molar-refractivity contribution is 6.00. The van der Waals surface area contributed by atoms with Gasteiger partial charge in [-0.15, -0.1) is 0 Å². The van der Waals surface area contributed by atoms with Gasteiger partial charge in [-0.1, -0.05) is 36.4 Å². The van der Waals surface area contributed by atoms with Crippen molar-refractivity contribution in [2.24, 2.45) is 0 Å². The largest absolute Gasteiger partial charge is 0.481 e. The molecule has 3 aromatic rings. The molecule has 0 aliphatic carbocycles. The highest BCUT2D eigenvalue weighted by Crippen LogP contribution is 2.18. The molecule has 1 N–H and O–H groups in total. The first-order chi connectivity index (χ1) is 13.1. The lowest BCUT2D eigenvalue weighted by molar-refractivity contribution is -0.142. The van der Waals surface area contributed by atoms with Crippen LogP contribution in [0.25, 0.3) is 10.8 Å². The number of carbonyl (C=O) groups excluding carboxylic acids is 2. The molecule has 1 amide bonds. The number of hydrogen-bond donors (Lipinski definition) is 1. The molecule has 27 heavy (non-hydrogen) atoms. The molecule has 0 spiro atoms. The maximum atomic E-state index is 12.7. The average Bonchev–Trinajstić information content (AvgIpc) is 2.72. The Balaban J connectivity index is 1.82. The molecule has 138 valence electrons. The van der Waals surface area contributed by atoms with E-state index in [0.717, 1.165) is 10.8 Å². The van der Waals surface area contributed by atoms with Crippen LogP contribution < -0.4 is 10.1 Å². The van der Waals surface area contributed by atoms with Crippen molar-refractivity contribution in [3.8, 4) is 5.88 Å². The molecule has 6 heteroatoms. The molecule has 2 aromatic carbocycles. The molecule has 0 saturated heterocycles. The summed E-state index contributed by atoms with van der Waals surface area (Å²) >= 11 is 0. The Morgan fingerprint density at radius 1 is 1.04 bits per heavy atom. The third-order valence-corrected chi connectivity index (χ3v) is 4.27. The Kier molecular flexibility index (Phi) is 5.66. The Morgan fingerprint density at radius 2 is 1.81 bits per heavy atom. The number of aromatic nitrogens is 1. The van der Waals surface area contributed by atoms with E-state index >= 15 is 0 Å². The third kappa shape index (κ3) is 4.23. The van der Waals surface area contributed by atoms with Gasteiger partial charge >= 0.3 is 5.97 Å². The molecule has 0 aliphatic heterocycles. The topological polar surface area (TPSA) is 77.5 Å². The number of pyridine rings is 1. The maximum Gasteiger partial charge on any atom is 0.328 e. The zero-order valence-electron chi connectivity index (χ0n) is 15.1. The molecule has 0 unspecified atom stereocenters. The minimum atomic E-state index is -0.855. The molecule has 1 atom stereocenters. The number of nitrogens with zero attached hydrogens (tertiary/aromatic N) is 1. The van der Waals surface area contributed by atoms with E-state index in [9.17, 15) is 9.59 Å². The second-order valence-electron chi connectivity index (χ2n) is 5.99. The van der Waals surface area contributed by atoms with Crippen molar-refractivity contribution in [3.63, 3.8) is 0 Å². The quantitative estimate of drug-likeness (QED) is 0.681. The summed E-state index contributed by atoms with van der Waals surface area (Å²) in [5.74, 6) is -0.472. The number of carbonyl (C=O) groups is 2. The monoisotopic (exact) mass is 364 g/mol. The molecule has 0 bridgehead atoms. The van der Waals surface area contributed by atoms with Crippen molar-refractivity contribution in [1.82, 2.24) is 10.3 Å². The molecular weight excluding hydrogens is 344 g/mol. The third-order valence-electron chi connectivity index (χ3n) is 4.27. The molecular formula is C21H20N2O4. The van der Waals surface area contributed by atoms with E-state index in [2.05, 4.69) is 10.3 Å². The number of ether oxygens (including phenoxy) is 2. The van der Waals surface area contributed by atoms with E-state index in [0.29, 0.717) is 17.0 Å². The van der Waals surface area contributed by atoms with Crippen molar-refractivity contribution >= 4 is 22.6 Å². The van der Waals surface area contributed by atoms with Crippen molar-refractivity contribution < 1.29 is 19.1 Å². The van der Waals surface area contributed by atoms with Crippen LogP contribution in [0.15, 0.2) is 60.8 Å². The second-order valence-corrected chi connectivity index (χ2v) is 5.99. The first kappa shape index (κ1) is 18.4. The smallest absolute Gasteiger partial charge is 0.328 e. The molecule has 1 heterocycles. The number of benzene rings is 2. The van der Waals surface area contributed by atoms with Gasteiger partial charge in [0.1, 0.15) is 6.04 Å². The second kappa shape index (κ2) is 8.31. The van der Waals surface area contributed by atoms with E-state index in [4.69, 9.17) is 9.47 Å². The van der Waals surface area contributed by atoms with Crippen LogP contribution in [0.4, 0.5) is 0 Å². The SMILES string of the molecule is COC(=O)[C@@H](Cc1cccnc1OC)NC(=O)c1ccc2ccccc2c1. The summed E-state index contributed by atoms with van der Waals surface area (Å²) in [5, 5.41) is 4.74. The minimum absolute atomic E-state index is 0.211. The van der Waals surface area contributed by atoms with Crippen molar-refractivity contribution in [1.29, 1.82) is 0 Å². The highest BCUT2D eigenvalue weighted by atomic mass is 16.5. The van der Waals surface area contributed by atoms with Gasteiger partial charge in [0, 0.05) is 23.7 Å². The minimum Gasteiger partial charge on any atom is -0.481 e. The van der Waals surface area contributed by atoms with Crippen LogP contribution in [-0.2, 0) is 16.0 Å². The lowest BCUT2D eigenvalue weighted by atomic mass is 10.0. The first-order valence-corrected chi connectivity index (χ1v) is 8.47. The van der Waals surface area contributed by atoms with E-state index in [1.165, 1.54) is 14.2 Å². The van der Waals surface area contributed by atoms with Gasteiger partial charge in [-0.3, -0.25) is 4.79 Å². The van der Waals surface area contributed by atoms with Gasteiger partial charge in [0.2, 0.25) is 5.88 Å². The normalized spacial score (nSPS) is 11.6. The fourth-order valence-electron chi connectivity index (χ4n) is 2.89. The molecule has 0 saturated carbocycles. The van der Waals surface area contributed by atoms with Gasteiger partial charge in [0.05, 0.1) is 14.2 Å². The van der Waals surface area contributed by atoms with Crippen molar-refractivity contribution in [2.75, 3.05) is 14.2 Å². The van der Waals surface area contributed by atoms with E-state index < -0.39 is 12.0 Å². The summed E-state index contributed by atoms with van der Waals surface area (Å²) in [7, 11) is 2.80. The molecule has 0 radical (unpaired) electrons. The lowest BCUT2D eigenvalue weighted by Crippen LogP contribution is -2.43. The predicted octanol–water partition coefficient (Wildman–Crippen LogP) is 2.76. The van der Waals surface area contributed by atoms with Crippen LogP contribution in [-0.4, -0.2) is 37.1 Å². The van der Waals surface area contributed by atoms with Crippen LogP contribution >= 0.6 is 0 Å². The molecule has 0 fully saturated rings. The van der Waals surface area contributed by atoms with Crippen LogP contribution in [0.3, 0.4) is 0 Å². The van der Waals surface area contributed by atoms with Crippen LogP contribution in [0, 0.1) is 0 Å². The fraction of sp³-hybridized carbons (Fsp3) is 0.190. The maximum absolute atomic E-state index is 12.7. The number of rotatable bonds is 6. The fourth-order valence-corrected chi connectivity index (χ4v) is 2.89. The van der Waals surface area contributed by atoms with Crippen molar-refractivity contribution in [3.05, 3.63) is 71.9 Å². The molecule has 3 rings (SSSR count). The Hall–Kier alpha value is -3.41. The zero-order valence-corrected chi connectivity index (χ0v) is 15.1. The van der Waals surface area contributed by atoms with Crippen LogP contribution in [0.5, 0.6) is 5.88 Å². The number of hydrogen-bond acceptors (Lipinski definition) is 5.